The minimum atomic E-state index is -0.238. The van der Waals surface area contributed by atoms with Gasteiger partial charge in [-0.3, -0.25) is 9.69 Å². The maximum Gasteiger partial charge on any atom is 0.266 e. The number of hydrogen-bond acceptors (Lipinski definition) is 4. The van der Waals surface area contributed by atoms with Crippen molar-refractivity contribution in [1.29, 1.82) is 0 Å². The van der Waals surface area contributed by atoms with Gasteiger partial charge in [0.1, 0.15) is 10.1 Å². The molecule has 27 heavy (non-hydrogen) atoms. The summed E-state index contributed by atoms with van der Waals surface area (Å²) < 4.78 is 13.8. The fourth-order valence-electron chi connectivity index (χ4n) is 3.64. The molecule has 0 bridgehead atoms. The van der Waals surface area contributed by atoms with E-state index in [2.05, 4.69) is 0 Å². The Kier molecular flexibility index (Phi) is 5.76. The van der Waals surface area contributed by atoms with Gasteiger partial charge in [0.15, 0.2) is 0 Å². The Morgan fingerprint density at radius 1 is 1.04 bits per heavy atom. The molecule has 0 unspecified atom stereocenters. The summed E-state index contributed by atoms with van der Waals surface area (Å²) in [5, 5.41) is 0. The molecule has 2 heterocycles. The smallest absolute Gasteiger partial charge is 0.266 e. The van der Waals surface area contributed by atoms with Crippen LogP contribution in [0.1, 0.15) is 43.4 Å². The Balaban J connectivity index is 1.53. The molecule has 2 nitrogen and oxygen atoms in total. The molecule has 4 rings (SSSR count). The zero-order valence-electron chi connectivity index (χ0n) is 14.8. The van der Waals surface area contributed by atoms with Gasteiger partial charge in [-0.25, -0.2) is 4.39 Å². The monoisotopic (exact) mass is 417 g/mol. The lowest BCUT2D eigenvalue weighted by atomic mass is 10.1. The van der Waals surface area contributed by atoms with Crippen molar-refractivity contribution in [2.75, 3.05) is 0 Å². The summed E-state index contributed by atoms with van der Waals surface area (Å²) in [4.78, 5) is 17.6. The van der Waals surface area contributed by atoms with Crippen LogP contribution in [0.2, 0.25) is 0 Å². The summed E-state index contributed by atoms with van der Waals surface area (Å²) in [6.07, 6.45) is 8.89. The minimum absolute atomic E-state index is 0.0497. The van der Waals surface area contributed by atoms with Crippen LogP contribution in [0.15, 0.2) is 41.3 Å². The predicted molar refractivity (Wildman–Crippen MR) is 116 cm³/mol. The Hall–Kier alpha value is -1.50. The number of rotatable bonds is 3. The summed E-state index contributed by atoms with van der Waals surface area (Å²) in [7, 11) is 0. The predicted octanol–water partition coefficient (Wildman–Crippen LogP) is 6.48. The summed E-state index contributed by atoms with van der Waals surface area (Å²) in [6, 6.07) is 10.7. The van der Waals surface area contributed by atoms with Crippen molar-refractivity contribution in [2.24, 2.45) is 0 Å². The molecule has 2 fully saturated rings. The molecule has 2 aromatic rings. The fraction of sp³-hybridized carbons (Fsp3) is 0.333. The van der Waals surface area contributed by atoms with Crippen molar-refractivity contribution in [2.45, 2.75) is 44.6 Å². The molecule has 1 aromatic carbocycles. The third-order valence-corrected chi connectivity index (χ3v) is 7.45. The Morgan fingerprint density at radius 2 is 1.74 bits per heavy atom. The standard InChI is InChI=1S/C21H20FNOS3/c22-15-9-7-14(8-10-15)18-12-11-17(26-18)13-19-20(24)23(21(25)27-19)16-5-3-1-2-4-6-16/h7-13,16H,1-6H2. The number of carbonyl (C=O) groups excluding carboxylic acids is 1. The largest absolute Gasteiger partial charge is 0.290 e. The molecule has 1 amide bonds. The Labute approximate surface area is 172 Å². The van der Waals surface area contributed by atoms with Gasteiger partial charge in [-0.1, -0.05) is 61.8 Å². The molecule has 0 radical (unpaired) electrons. The van der Waals surface area contributed by atoms with Crippen LogP contribution in [-0.4, -0.2) is 21.2 Å². The first-order valence-electron chi connectivity index (χ1n) is 9.25. The number of amides is 1. The molecule has 0 atom stereocenters. The van der Waals surface area contributed by atoms with Crippen molar-refractivity contribution < 1.29 is 9.18 Å². The quantitative estimate of drug-likeness (QED) is 0.324. The SMILES string of the molecule is O=C1C(=Cc2ccc(-c3ccc(F)cc3)s2)SC(=S)N1C1CCCCCC1. The lowest BCUT2D eigenvalue weighted by Crippen LogP contribution is -2.38. The van der Waals surface area contributed by atoms with Gasteiger partial charge in [-0.2, -0.15) is 0 Å². The first kappa shape index (κ1) is 18.8. The van der Waals surface area contributed by atoms with Crippen LogP contribution in [0.4, 0.5) is 4.39 Å². The lowest BCUT2D eigenvalue weighted by Gasteiger charge is -2.25. The maximum absolute atomic E-state index is 13.1. The highest BCUT2D eigenvalue weighted by Gasteiger charge is 2.37. The second-order valence-corrected chi connectivity index (χ2v) is 9.70. The van der Waals surface area contributed by atoms with Crippen molar-refractivity contribution in [3.63, 3.8) is 0 Å². The average molecular weight is 418 g/mol. The molecule has 6 heteroatoms. The van der Waals surface area contributed by atoms with E-state index in [1.165, 1.54) is 49.6 Å². The van der Waals surface area contributed by atoms with E-state index >= 15 is 0 Å². The van der Waals surface area contributed by atoms with E-state index in [-0.39, 0.29) is 17.8 Å². The molecule has 1 saturated carbocycles. The van der Waals surface area contributed by atoms with Crippen LogP contribution < -0.4 is 0 Å². The van der Waals surface area contributed by atoms with Gasteiger partial charge < -0.3 is 0 Å². The summed E-state index contributed by atoms with van der Waals surface area (Å²) >= 11 is 8.53. The van der Waals surface area contributed by atoms with E-state index in [4.69, 9.17) is 12.2 Å². The van der Waals surface area contributed by atoms with Gasteiger partial charge in [-0.15, -0.1) is 11.3 Å². The number of thioether (sulfide) groups is 1. The number of hydrogen-bond donors (Lipinski definition) is 0. The van der Waals surface area contributed by atoms with E-state index in [0.717, 1.165) is 28.2 Å². The molecule has 1 saturated heterocycles. The van der Waals surface area contributed by atoms with E-state index in [9.17, 15) is 9.18 Å². The van der Waals surface area contributed by atoms with Crippen LogP contribution in [0, 0.1) is 5.82 Å². The van der Waals surface area contributed by atoms with Gasteiger partial charge in [-0.05, 0) is 48.7 Å². The van der Waals surface area contributed by atoms with Crippen molar-refractivity contribution >= 4 is 51.6 Å². The topological polar surface area (TPSA) is 20.3 Å². The number of carbonyl (C=O) groups is 1. The molecular formula is C21H20FNOS3. The summed E-state index contributed by atoms with van der Waals surface area (Å²) in [5.41, 5.74) is 0.979. The van der Waals surface area contributed by atoms with Crippen LogP contribution in [0.25, 0.3) is 16.5 Å². The highest BCUT2D eigenvalue weighted by Crippen LogP contribution is 2.38. The molecule has 140 valence electrons. The molecule has 1 aliphatic heterocycles. The van der Waals surface area contributed by atoms with Crippen LogP contribution >= 0.6 is 35.3 Å². The first-order chi connectivity index (χ1) is 13.1. The molecule has 0 N–H and O–H groups in total. The van der Waals surface area contributed by atoms with Crippen LogP contribution in [0.5, 0.6) is 0 Å². The highest BCUT2D eigenvalue weighted by molar-refractivity contribution is 8.26. The van der Waals surface area contributed by atoms with Gasteiger partial charge in [0.25, 0.3) is 5.91 Å². The molecule has 2 aliphatic rings. The number of thiophene rings is 1. The third-order valence-electron chi connectivity index (χ3n) is 5.04. The van der Waals surface area contributed by atoms with E-state index < -0.39 is 0 Å². The van der Waals surface area contributed by atoms with Crippen molar-refractivity contribution in [3.8, 4) is 10.4 Å². The second kappa shape index (κ2) is 8.25. The number of benzene rings is 1. The molecule has 1 aliphatic carbocycles. The van der Waals surface area contributed by atoms with E-state index in [1.807, 2.05) is 23.1 Å². The molecule has 1 aromatic heterocycles. The van der Waals surface area contributed by atoms with Crippen molar-refractivity contribution in [1.82, 2.24) is 4.90 Å². The zero-order chi connectivity index (χ0) is 18.8. The highest BCUT2D eigenvalue weighted by atomic mass is 32.2. The number of thiocarbonyl (C=S) groups is 1. The summed E-state index contributed by atoms with van der Waals surface area (Å²) in [6.45, 7) is 0. The van der Waals surface area contributed by atoms with E-state index in [0.29, 0.717) is 9.23 Å². The van der Waals surface area contributed by atoms with Crippen LogP contribution in [-0.2, 0) is 4.79 Å². The normalized spacial score (nSPS) is 20.5. The van der Waals surface area contributed by atoms with Gasteiger partial charge in [0.2, 0.25) is 0 Å². The second-order valence-electron chi connectivity index (χ2n) is 6.91. The summed E-state index contributed by atoms with van der Waals surface area (Å²) in [5.74, 6) is -0.189. The first-order valence-corrected chi connectivity index (χ1v) is 11.3. The molecule has 0 spiro atoms. The minimum Gasteiger partial charge on any atom is -0.290 e. The fourth-order valence-corrected chi connectivity index (χ4v) is 6.06. The van der Waals surface area contributed by atoms with Crippen LogP contribution in [0.3, 0.4) is 0 Å². The number of halogens is 1. The Morgan fingerprint density at radius 3 is 2.44 bits per heavy atom. The lowest BCUT2D eigenvalue weighted by molar-refractivity contribution is -0.123. The zero-order valence-corrected chi connectivity index (χ0v) is 17.3. The number of nitrogens with zero attached hydrogens (tertiary/aromatic N) is 1. The van der Waals surface area contributed by atoms with Gasteiger partial charge in [0.05, 0.1) is 4.91 Å². The Bertz CT molecular complexity index is 879. The molecular weight excluding hydrogens is 397 g/mol. The van der Waals surface area contributed by atoms with Crippen molar-refractivity contribution in [3.05, 3.63) is 52.0 Å². The third kappa shape index (κ3) is 4.18. The average Bonchev–Trinajstić information content (AvgIpc) is 3.10. The van der Waals surface area contributed by atoms with E-state index in [1.54, 1.807) is 23.5 Å². The van der Waals surface area contributed by atoms with Gasteiger partial charge in [0, 0.05) is 15.8 Å². The maximum atomic E-state index is 13.1. The van der Waals surface area contributed by atoms with Gasteiger partial charge >= 0.3 is 0 Å².